The van der Waals surface area contributed by atoms with Gasteiger partial charge in [0.05, 0.1) is 0 Å². The Morgan fingerprint density at radius 2 is 1.64 bits per heavy atom. The number of hydrogen-bond donors (Lipinski definition) is 0. The maximum absolute atomic E-state index is 12.3. The van der Waals surface area contributed by atoms with Gasteiger partial charge in [0.25, 0.3) is 0 Å². The van der Waals surface area contributed by atoms with Gasteiger partial charge in [0.2, 0.25) is 0 Å². The number of halogens is 2. The van der Waals surface area contributed by atoms with E-state index in [1.165, 1.54) is 42.5 Å². The van der Waals surface area contributed by atoms with E-state index in [9.17, 15) is 13.2 Å². The van der Waals surface area contributed by atoms with E-state index in [1.54, 1.807) is 36.4 Å². The molecule has 142 valence electrons. The second-order valence-electron chi connectivity index (χ2n) is 5.77. The quantitative estimate of drug-likeness (QED) is 0.257. The molecule has 0 saturated carbocycles. The molecule has 0 saturated heterocycles. The molecule has 3 rings (SSSR count). The third-order valence-electron chi connectivity index (χ3n) is 3.72. The van der Waals surface area contributed by atoms with Gasteiger partial charge in [-0.2, -0.15) is 8.42 Å². The lowest BCUT2D eigenvalue weighted by Crippen LogP contribution is -2.09. The van der Waals surface area contributed by atoms with Gasteiger partial charge in [-0.05, 0) is 72.3 Å². The zero-order valence-corrected chi connectivity index (χ0v) is 17.5. The van der Waals surface area contributed by atoms with Gasteiger partial charge in [0.1, 0.15) is 10.6 Å². The van der Waals surface area contributed by atoms with Gasteiger partial charge in [-0.1, -0.05) is 45.7 Å². The third-order valence-corrected chi connectivity index (χ3v) is 5.75. The van der Waals surface area contributed by atoms with E-state index in [2.05, 4.69) is 15.9 Å². The standard InChI is InChI=1S/C21H14BrClO4S/c22-17-7-11-20(12-8-17)28(25,26)27-19-9-5-16(6-10-19)21(24)13-4-15-2-1-3-18(23)14-15/h1-14H/b13-4+. The summed E-state index contributed by atoms with van der Waals surface area (Å²) in [7, 11) is -3.95. The van der Waals surface area contributed by atoms with Crippen molar-refractivity contribution in [2.75, 3.05) is 0 Å². The summed E-state index contributed by atoms with van der Waals surface area (Å²) in [5.41, 5.74) is 1.22. The molecule has 0 unspecified atom stereocenters. The number of hydrogen-bond acceptors (Lipinski definition) is 4. The summed E-state index contributed by atoms with van der Waals surface area (Å²) in [6.45, 7) is 0. The Bertz CT molecular complexity index is 1120. The molecule has 3 aromatic rings. The van der Waals surface area contributed by atoms with Crippen molar-refractivity contribution >= 4 is 49.5 Å². The third kappa shape index (κ3) is 5.32. The fraction of sp³-hybridized carbons (Fsp3) is 0. The summed E-state index contributed by atoms with van der Waals surface area (Å²) in [4.78, 5) is 12.3. The van der Waals surface area contributed by atoms with Gasteiger partial charge < -0.3 is 4.18 Å². The minimum atomic E-state index is -3.95. The Labute approximate surface area is 176 Å². The molecule has 0 bridgehead atoms. The van der Waals surface area contributed by atoms with Crippen LogP contribution >= 0.6 is 27.5 Å². The van der Waals surface area contributed by atoms with E-state index in [0.717, 1.165) is 10.0 Å². The molecule has 0 N–H and O–H groups in total. The van der Waals surface area contributed by atoms with E-state index in [4.69, 9.17) is 15.8 Å². The van der Waals surface area contributed by atoms with Crippen LogP contribution in [0.2, 0.25) is 5.02 Å². The molecule has 4 nitrogen and oxygen atoms in total. The molecule has 28 heavy (non-hydrogen) atoms. The Morgan fingerprint density at radius 1 is 0.964 bits per heavy atom. The van der Waals surface area contributed by atoms with Crippen LogP contribution in [0.15, 0.2) is 88.2 Å². The molecule has 7 heteroatoms. The van der Waals surface area contributed by atoms with E-state index in [1.807, 2.05) is 6.07 Å². The molecule has 0 aliphatic rings. The molecule has 0 aliphatic heterocycles. The number of ketones is 1. The summed E-state index contributed by atoms with van der Waals surface area (Å²) in [5.74, 6) is -0.0967. The first kappa shape index (κ1) is 20.3. The van der Waals surface area contributed by atoms with Crippen LogP contribution in [0, 0.1) is 0 Å². The fourth-order valence-electron chi connectivity index (χ4n) is 2.33. The van der Waals surface area contributed by atoms with Gasteiger partial charge in [-0.15, -0.1) is 0 Å². The van der Waals surface area contributed by atoms with Crippen LogP contribution in [0.5, 0.6) is 5.75 Å². The molecule has 0 radical (unpaired) electrons. The van der Waals surface area contributed by atoms with Gasteiger partial charge >= 0.3 is 10.1 Å². The highest BCUT2D eigenvalue weighted by Gasteiger charge is 2.16. The molecule has 0 amide bonds. The highest BCUT2D eigenvalue weighted by Crippen LogP contribution is 2.21. The lowest BCUT2D eigenvalue weighted by atomic mass is 10.1. The number of allylic oxidation sites excluding steroid dienone is 1. The number of carbonyl (C=O) groups excluding carboxylic acids is 1. The van der Waals surface area contributed by atoms with Crippen LogP contribution in [0.25, 0.3) is 6.08 Å². The fourth-order valence-corrected chi connectivity index (χ4v) is 3.72. The van der Waals surface area contributed by atoms with Gasteiger partial charge in [-0.3, -0.25) is 4.79 Å². The van der Waals surface area contributed by atoms with Crippen molar-refractivity contribution in [2.45, 2.75) is 4.90 Å². The predicted octanol–water partition coefficient (Wildman–Crippen LogP) is 5.77. The molecule has 0 aromatic heterocycles. The van der Waals surface area contributed by atoms with E-state index in [0.29, 0.717) is 10.6 Å². The van der Waals surface area contributed by atoms with Crippen molar-refractivity contribution in [1.29, 1.82) is 0 Å². The molecule has 0 aliphatic carbocycles. The predicted molar refractivity (Wildman–Crippen MR) is 113 cm³/mol. The number of benzene rings is 3. The minimum Gasteiger partial charge on any atom is -0.379 e. The first-order valence-electron chi connectivity index (χ1n) is 8.12. The van der Waals surface area contributed by atoms with Gasteiger partial charge in [-0.25, -0.2) is 0 Å². The SMILES string of the molecule is O=C(/C=C/c1cccc(Cl)c1)c1ccc(OS(=O)(=O)c2ccc(Br)cc2)cc1. The van der Waals surface area contributed by atoms with Crippen LogP contribution in [0.1, 0.15) is 15.9 Å². The van der Waals surface area contributed by atoms with Crippen LogP contribution < -0.4 is 4.18 Å². The highest BCUT2D eigenvalue weighted by atomic mass is 79.9. The van der Waals surface area contributed by atoms with Crippen molar-refractivity contribution < 1.29 is 17.4 Å². The Balaban J connectivity index is 1.70. The zero-order valence-electron chi connectivity index (χ0n) is 14.4. The first-order valence-corrected chi connectivity index (χ1v) is 10.7. The lowest BCUT2D eigenvalue weighted by molar-refractivity contribution is 0.104. The van der Waals surface area contributed by atoms with Crippen LogP contribution in [-0.2, 0) is 10.1 Å². The second kappa shape index (κ2) is 8.73. The van der Waals surface area contributed by atoms with E-state index >= 15 is 0 Å². The van der Waals surface area contributed by atoms with E-state index < -0.39 is 10.1 Å². The van der Waals surface area contributed by atoms with Crippen molar-refractivity contribution in [3.63, 3.8) is 0 Å². The van der Waals surface area contributed by atoms with Gasteiger partial charge in [0.15, 0.2) is 5.78 Å². The van der Waals surface area contributed by atoms with Gasteiger partial charge in [0, 0.05) is 15.1 Å². The molecule has 3 aromatic carbocycles. The maximum Gasteiger partial charge on any atom is 0.339 e. The Morgan fingerprint density at radius 3 is 2.29 bits per heavy atom. The second-order valence-corrected chi connectivity index (χ2v) is 8.67. The summed E-state index contributed by atoms with van der Waals surface area (Å²) >= 11 is 9.17. The topological polar surface area (TPSA) is 60.4 Å². The lowest BCUT2D eigenvalue weighted by Gasteiger charge is -2.07. The maximum atomic E-state index is 12.3. The summed E-state index contributed by atoms with van der Waals surface area (Å²) in [6, 6.07) is 19.1. The Hall–Kier alpha value is -2.41. The monoisotopic (exact) mass is 476 g/mol. The average molecular weight is 478 g/mol. The summed E-state index contributed by atoms with van der Waals surface area (Å²) in [5, 5.41) is 0.586. The highest BCUT2D eigenvalue weighted by molar-refractivity contribution is 9.10. The summed E-state index contributed by atoms with van der Waals surface area (Å²) < 4.78 is 30.5. The summed E-state index contributed by atoms with van der Waals surface area (Å²) in [6.07, 6.45) is 3.09. The van der Waals surface area contributed by atoms with Crippen LogP contribution in [0.3, 0.4) is 0 Å². The van der Waals surface area contributed by atoms with Crippen molar-refractivity contribution in [2.24, 2.45) is 0 Å². The minimum absolute atomic E-state index is 0.0420. The number of rotatable bonds is 6. The average Bonchev–Trinajstić information content (AvgIpc) is 2.67. The first-order chi connectivity index (χ1) is 13.3. The van der Waals surface area contributed by atoms with Crippen molar-refractivity contribution in [1.82, 2.24) is 0 Å². The van der Waals surface area contributed by atoms with Crippen molar-refractivity contribution in [3.8, 4) is 5.75 Å². The molecular formula is C21H14BrClO4S. The molecule has 0 atom stereocenters. The largest absolute Gasteiger partial charge is 0.379 e. The molecular weight excluding hydrogens is 464 g/mol. The van der Waals surface area contributed by atoms with Crippen molar-refractivity contribution in [3.05, 3.63) is 99.5 Å². The number of carbonyl (C=O) groups is 1. The smallest absolute Gasteiger partial charge is 0.339 e. The molecule has 0 spiro atoms. The normalized spacial score (nSPS) is 11.5. The van der Waals surface area contributed by atoms with E-state index in [-0.39, 0.29) is 16.4 Å². The van der Waals surface area contributed by atoms with Crippen LogP contribution in [-0.4, -0.2) is 14.2 Å². The molecule has 0 fully saturated rings. The Kier molecular flexibility index (Phi) is 6.34. The molecule has 0 heterocycles. The zero-order chi connectivity index (χ0) is 20.1. The van der Waals surface area contributed by atoms with Crippen LogP contribution in [0.4, 0.5) is 0 Å².